The van der Waals surface area contributed by atoms with Gasteiger partial charge in [0.05, 0.1) is 18.6 Å². The Bertz CT molecular complexity index is 1100. The Hall–Kier alpha value is -3.13. The third-order valence-corrected chi connectivity index (χ3v) is 6.78. The summed E-state index contributed by atoms with van der Waals surface area (Å²) in [6.07, 6.45) is 7.54. The molecule has 4 rings (SSSR count). The van der Waals surface area contributed by atoms with E-state index in [1.165, 1.54) is 36.6 Å². The molecule has 1 fully saturated rings. The lowest BCUT2D eigenvalue weighted by Gasteiger charge is -2.25. The number of thioether (sulfide) groups is 1. The molecular weight excluding hydrogens is 446 g/mol. The van der Waals surface area contributed by atoms with Gasteiger partial charge in [-0.1, -0.05) is 60.9 Å². The van der Waals surface area contributed by atoms with Gasteiger partial charge in [-0.05, 0) is 56.5 Å². The molecule has 3 aromatic rings. The number of nitrogens with zero attached hydrogens (tertiary/aromatic N) is 4. The lowest BCUT2D eigenvalue weighted by molar-refractivity contribution is -0.118. The molecule has 1 heterocycles. The number of aryl methyl sites for hydroxylation is 1. The smallest absolute Gasteiger partial charge is 0.250 e. The lowest BCUT2D eigenvalue weighted by Crippen LogP contribution is -2.20. The third-order valence-electron chi connectivity index (χ3n) is 5.84. The molecule has 0 radical (unpaired) electrons. The first-order chi connectivity index (χ1) is 16.6. The summed E-state index contributed by atoms with van der Waals surface area (Å²) >= 11 is 1.41. The summed E-state index contributed by atoms with van der Waals surface area (Å²) in [5.74, 6) is 1.73. The van der Waals surface area contributed by atoms with Crippen molar-refractivity contribution >= 4 is 23.9 Å². The summed E-state index contributed by atoms with van der Waals surface area (Å²) in [7, 11) is 0. The van der Waals surface area contributed by atoms with Crippen LogP contribution in [0.2, 0.25) is 0 Å². The average Bonchev–Trinajstić information content (AvgIpc) is 3.29. The Balaban J connectivity index is 1.40. The number of benzene rings is 2. The molecule has 8 heteroatoms. The van der Waals surface area contributed by atoms with E-state index in [9.17, 15) is 4.79 Å². The monoisotopic (exact) mass is 477 g/mol. The summed E-state index contributed by atoms with van der Waals surface area (Å²) < 4.78 is 7.68. The second kappa shape index (κ2) is 11.8. The van der Waals surface area contributed by atoms with E-state index in [1.54, 1.807) is 6.21 Å². The van der Waals surface area contributed by atoms with E-state index in [1.807, 2.05) is 31.2 Å². The highest BCUT2D eigenvalue weighted by molar-refractivity contribution is 7.99. The molecule has 34 heavy (non-hydrogen) atoms. The van der Waals surface area contributed by atoms with Crippen molar-refractivity contribution in [2.75, 3.05) is 12.4 Å². The molecule has 1 aliphatic rings. The van der Waals surface area contributed by atoms with Crippen LogP contribution in [0.15, 0.2) is 58.8 Å². The normalized spacial score (nSPS) is 14.4. The van der Waals surface area contributed by atoms with Crippen LogP contribution in [0.3, 0.4) is 0 Å². The van der Waals surface area contributed by atoms with Crippen molar-refractivity contribution in [1.29, 1.82) is 0 Å². The minimum Gasteiger partial charge on any atom is -0.494 e. The number of hydrogen-bond donors (Lipinski definition) is 1. The molecule has 178 valence electrons. The van der Waals surface area contributed by atoms with E-state index in [4.69, 9.17) is 4.74 Å². The highest BCUT2D eigenvalue weighted by Crippen LogP contribution is 2.35. The first-order valence-corrected chi connectivity index (χ1v) is 12.8. The van der Waals surface area contributed by atoms with Gasteiger partial charge in [0.15, 0.2) is 11.0 Å². The molecule has 0 atom stereocenters. The van der Waals surface area contributed by atoms with Gasteiger partial charge in [-0.25, -0.2) is 5.43 Å². The van der Waals surface area contributed by atoms with Crippen molar-refractivity contribution in [2.45, 2.75) is 57.1 Å². The number of rotatable bonds is 9. The molecule has 0 aliphatic heterocycles. The van der Waals surface area contributed by atoms with Crippen LogP contribution in [0.5, 0.6) is 5.75 Å². The van der Waals surface area contributed by atoms with E-state index < -0.39 is 0 Å². The summed E-state index contributed by atoms with van der Waals surface area (Å²) in [5, 5.41) is 13.8. The Morgan fingerprint density at radius 2 is 1.85 bits per heavy atom. The van der Waals surface area contributed by atoms with Crippen molar-refractivity contribution < 1.29 is 9.53 Å². The standard InChI is InChI=1S/C26H31N5O2S/c1-3-33-23-15-11-20(12-16-23)17-27-28-24(32)18-34-26-30-29-25(21-13-9-19(2)10-14-21)31(26)22-7-5-4-6-8-22/h9-17,22H,3-8,18H2,1-2H3,(H,28,32)/b27-17-. The van der Waals surface area contributed by atoms with E-state index >= 15 is 0 Å². The Labute approximate surface area is 205 Å². The Morgan fingerprint density at radius 3 is 2.56 bits per heavy atom. The van der Waals surface area contributed by atoms with Crippen molar-refractivity contribution in [3.8, 4) is 17.1 Å². The van der Waals surface area contributed by atoms with Gasteiger partial charge in [0.25, 0.3) is 5.91 Å². The topological polar surface area (TPSA) is 81.4 Å². The molecule has 1 aromatic heterocycles. The number of hydrogen-bond acceptors (Lipinski definition) is 6. The fourth-order valence-electron chi connectivity index (χ4n) is 4.10. The predicted octanol–water partition coefficient (Wildman–Crippen LogP) is 5.40. The zero-order valence-electron chi connectivity index (χ0n) is 19.7. The number of ether oxygens (including phenoxy) is 1. The molecule has 0 saturated heterocycles. The highest BCUT2D eigenvalue weighted by Gasteiger charge is 2.24. The minimum atomic E-state index is -0.178. The van der Waals surface area contributed by atoms with Crippen molar-refractivity contribution in [3.05, 3.63) is 59.7 Å². The van der Waals surface area contributed by atoms with Gasteiger partial charge in [0.1, 0.15) is 5.75 Å². The molecule has 0 spiro atoms. The van der Waals surface area contributed by atoms with Crippen LogP contribution in [0.25, 0.3) is 11.4 Å². The van der Waals surface area contributed by atoms with E-state index in [2.05, 4.69) is 56.5 Å². The highest BCUT2D eigenvalue weighted by atomic mass is 32.2. The van der Waals surface area contributed by atoms with Gasteiger partial charge < -0.3 is 4.74 Å². The van der Waals surface area contributed by atoms with Crippen LogP contribution in [-0.2, 0) is 4.79 Å². The Kier molecular flexibility index (Phi) is 8.36. The molecule has 2 aromatic carbocycles. The Morgan fingerprint density at radius 1 is 1.12 bits per heavy atom. The number of hydrazone groups is 1. The number of amides is 1. The second-order valence-electron chi connectivity index (χ2n) is 8.42. The molecule has 7 nitrogen and oxygen atoms in total. The van der Waals surface area contributed by atoms with Crippen LogP contribution >= 0.6 is 11.8 Å². The van der Waals surface area contributed by atoms with Gasteiger partial charge >= 0.3 is 0 Å². The van der Waals surface area contributed by atoms with Crippen molar-refractivity contribution in [1.82, 2.24) is 20.2 Å². The zero-order chi connectivity index (χ0) is 23.8. The summed E-state index contributed by atoms with van der Waals surface area (Å²) in [5.41, 5.74) is 5.76. The fourth-order valence-corrected chi connectivity index (χ4v) is 4.90. The average molecular weight is 478 g/mol. The van der Waals surface area contributed by atoms with Crippen LogP contribution in [-0.4, -0.2) is 39.2 Å². The fraction of sp³-hybridized carbons (Fsp3) is 0.385. The van der Waals surface area contributed by atoms with Gasteiger partial charge in [0.2, 0.25) is 0 Å². The molecule has 1 saturated carbocycles. The molecule has 1 aliphatic carbocycles. The molecule has 0 unspecified atom stereocenters. The maximum absolute atomic E-state index is 12.4. The summed E-state index contributed by atoms with van der Waals surface area (Å²) in [6.45, 7) is 4.65. The predicted molar refractivity (Wildman–Crippen MR) is 136 cm³/mol. The largest absolute Gasteiger partial charge is 0.494 e. The van der Waals surface area contributed by atoms with Crippen LogP contribution in [0, 0.1) is 6.92 Å². The number of aromatic nitrogens is 3. The van der Waals surface area contributed by atoms with Crippen LogP contribution in [0.4, 0.5) is 0 Å². The van der Waals surface area contributed by atoms with Crippen LogP contribution < -0.4 is 10.2 Å². The minimum absolute atomic E-state index is 0.178. The van der Waals surface area contributed by atoms with Gasteiger partial charge in [-0.15, -0.1) is 10.2 Å². The quantitative estimate of drug-likeness (QED) is 0.254. The number of carbonyl (C=O) groups excluding carboxylic acids is 1. The molecular formula is C26H31N5O2S. The van der Waals surface area contributed by atoms with Gasteiger partial charge in [-0.2, -0.15) is 5.10 Å². The third kappa shape index (κ3) is 6.26. The van der Waals surface area contributed by atoms with Crippen molar-refractivity contribution in [3.63, 3.8) is 0 Å². The number of carbonyl (C=O) groups is 1. The van der Waals surface area contributed by atoms with E-state index in [0.29, 0.717) is 12.6 Å². The molecule has 1 amide bonds. The summed E-state index contributed by atoms with van der Waals surface area (Å²) in [4.78, 5) is 12.4. The SMILES string of the molecule is CCOc1ccc(/C=N\NC(=O)CSc2nnc(-c3ccc(C)cc3)n2C2CCCCC2)cc1. The lowest BCUT2D eigenvalue weighted by atomic mass is 9.95. The van der Waals surface area contributed by atoms with Gasteiger partial charge in [0, 0.05) is 11.6 Å². The van der Waals surface area contributed by atoms with Gasteiger partial charge in [-0.3, -0.25) is 9.36 Å². The second-order valence-corrected chi connectivity index (χ2v) is 9.36. The molecule has 1 N–H and O–H groups in total. The maximum atomic E-state index is 12.4. The van der Waals surface area contributed by atoms with E-state index in [0.717, 1.165) is 40.7 Å². The van der Waals surface area contributed by atoms with Crippen LogP contribution in [0.1, 0.15) is 56.2 Å². The first kappa shape index (κ1) is 24.0. The molecule has 0 bridgehead atoms. The summed E-state index contributed by atoms with van der Waals surface area (Å²) in [6, 6.07) is 16.3. The van der Waals surface area contributed by atoms with Crippen molar-refractivity contribution in [2.24, 2.45) is 5.10 Å². The maximum Gasteiger partial charge on any atom is 0.250 e. The number of nitrogens with one attached hydrogen (secondary N) is 1. The zero-order valence-corrected chi connectivity index (χ0v) is 20.6. The first-order valence-electron chi connectivity index (χ1n) is 11.8. The van der Waals surface area contributed by atoms with E-state index in [-0.39, 0.29) is 11.7 Å².